The molecule has 25 heavy (non-hydrogen) atoms. The lowest BCUT2D eigenvalue weighted by Gasteiger charge is -2.44. The Hall–Kier alpha value is -2.37. The van der Waals surface area contributed by atoms with Gasteiger partial charge in [0, 0.05) is 19.1 Å². The molecule has 0 unspecified atom stereocenters. The van der Waals surface area contributed by atoms with Crippen LogP contribution in [0, 0.1) is 6.92 Å². The Morgan fingerprint density at radius 3 is 2.56 bits per heavy atom. The van der Waals surface area contributed by atoms with Gasteiger partial charge in [-0.1, -0.05) is 24.3 Å². The number of rotatable bonds is 5. The summed E-state index contributed by atoms with van der Waals surface area (Å²) < 4.78 is 2.65. The van der Waals surface area contributed by atoms with Crippen LogP contribution in [0.25, 0.3) is 0 Å². The maximum atomic E-state index is 12.8. The number of nitrogens with zero attached hydrogens (tertiary/aromatic N) is 4. The molecule has 0 spiro atoms. The van der Waals surface area contributed by atoms with Gasteiger partial charge in [-0.15, -0.1) is 0 Å². The van der Waals surface area contributed by atoms with E-state index in [0.717, 1.165) is 25.7 Å². The monoisotopic (exact) mass is 340 g/mol. The molecule has 2 aromatic rings. The summed E-state index contributed by atoms with van der Waals surface area (Å²) >= 11 is 0. The predicted molar refractivity (Wildman–Crippen MR) is 94.3 cm³/mol. The smallest absolute Gasteiger partial charge is 0.335 e. The molecule has 0 radical (unpaired) electrons. The Morgan fingerprint density at radius 1 is 1.24 bits per heavy atom. The van der Waals surface area contributed by atoms with Gasteiger partial charge in [0.05, 0.1) is 0 Å². The Kier molecular flexibility index (Phi) is 3.98. The summed E-state index contributed by atoms with van der Waals surface area (Å²) in [5.41, 5.74) is 2.49. The van der Waals surface area contributed by atoms with E-state index >= 15 is 0 Å². The van der Waals surface area contributed by atoms with Crippen molar-refractivity contribution in [2.75, 3.05) is 0 Å². The molecule has 1 aromatic heterocycles. The number of benzene rings is 1. The Morgan fingerprint density at radius 2 is 1.96 bits per heavy atom. The molecule has 0 aliphatic heterocycles. The summed E-state index contributed by atoms with van der Waals surface area (Å²) in [7, 11) is 1.65. The van der Waals surface area contributed by atoms with Crippen molar-refractivity contribution in [2.24, 2.45) is 7.05 Å². The third-order valence-electron chi connectivity index (χ3n) is 5.53. The zero-order chi connectivity index (χ0) is 17.6. The molecule has 2 aliphatic rings. The molecule has 0 N–H and O–H groups in total. The van der Waals surface area contributed by atoms with Crippen LogP contribution in [-0.4, -0.2) is 37.2 Å². The number of aryl methyl sites for hydroxylation is 2. The molecule has 0 saturated heterocycles. The van der Waals surface area contributed by atoms with Gasteiger partial charge in [0.1, 0.15) is 12.9 Å². The minimum Gasteiger partial charge on any atom is -0.335 e. The first-order valence-electron chi connectivity index (χ1n) is 8.99. The van der Waals surface area contributed by atoms with Crippen molar-refractivity contribution in [3.63, 3.8) is 0 Å². The molecule has 1 heterocycles. The van der Waals surface area contributed by atoms with Crippen LogP contribution in [0.3, 0.4) is 0 Å². The summed E-state index contributed by atoms with van der Waals surface area (Å²) in [6.45, 7) is 2.20. The topological polar surface area (TPSA) is 60.1 Å². The van der Waals surface area contributed by atoms with E-state index in [4.69, 9.17) is 0 Å². The van der Waals surface area contributed by atoms with E-state index in [2.05, 4.69) is 36.3 Å². The highest BCUT2D eigenvalue weighted by Gasteiger charge is 2.43. The van der Waals surface area contributed by atoms with Gasteiger partial charge in [0.25, 0.3) is 0 Å². The summed E-state index contributed by atoms with van der Waals surface area (Å²) in [5, 5.41) is 4.01. The van der Waals surface area contributed by atoms with E-state index in [-0.39, 0.29) is 18.1 Å². The van der Waals surface area contributed by atoms with Gasteiger partial charge < -0.3 is 4.90 Å². The summed E-state index contributed by atoms with van der Waals surface area (Å²) in [4.78, 5) is 26.8. The van der Waals surface area contributed by atoms with Crippen molar-refractivity contribution < 1.29 is 4.79 Å². The molecule has 132 valence electrons. The molecular formula is C19H24N4O2. The third kappa shape index (κ3) is 3.01. The van der Waals surface area contributed by atoms with E-state index in [0.29, 0.717) is 18.0 Å². The Labute approximate surface area is 147 Å². The fraction of sp³-hybridized carbons (Fsp3) is 0.526. The summed E-state index contributed by atoms with van der Waals surface area (Å²) in [6.07, 6.45) is 5.64. The van der Waals surface area contributed by atoms with Gasteiger partial charge in [-0.05, 0) is 49.7 Å². The minimum atomic E-state index is -0.240. The Balaban J connectivity index is 1.44. The normalized spacial score (nSPS) is 22.5. The molecule has 1 aromatic carbocycles. The lowest BCUT2D eigenvalue weighted by molar-refractivity contribution is -0.137. The second-order valence-corrected chi connectivity index (χ2v) is 7.39. The first-order chi connectivity index (χ1) is 12.0. The number of carbonyl (C=O) groups is 1. The summed E-state index contributed by atoms with van der Waals surface area (Å²) in [6, 6.07) is 9.16. The summed E-state index contributed by atoms with van der Waals surface area (Å²) in [5.74, 6) is 0.564. The number of hydrogen-bond acceptors (Lipinski definition) is 3. The molecule has 0 atom stereocenters. The maximum Gasteiger partial charge on any atom is 0.345 e. The van der Waals surface area contributed by atoms with Crippen molar-refractivity contribution in [2.45, 2.75) is 57.2 Å². The van der Waals surface area contributed by atoms with E-state index in [9.17, 15) is 9.59 Å². The van der Waals surface area contributed by atoms with Gasteiger partial charge in [0.2, 0.25) is 5.91 Å². The lowest BCUT2D eigenvalue weighted by Crippen LogP contribution is -2.50. The average Bonchev–Trinajstić information content (AvgIpc) is 3.34. The van der Waals surface area contributed by atoms with Crippen LogP contribution in [-0.2, 0) is 18.4 Å². The molecule has 2 fully saturated rings. The molecule has 0 bridgehead atoms. The first kappa shape index (κ1) is 16.1. The van der Waals surface area contributed by atoms with Gasteiger partial charge in [-0.3, -0.25) is 9.36 Å². The fourth-order valence-corrected chi connectivity index (χ4v) is 3.91. The zero-order valence-corrected chi connectivity index (χ0v) is 14.8. The van der Waals surface area contributed by atoms with Crippen molar-refractivity contribution >= 4 is 5.91 Å². The highest BCUT2D eigenvalue weighted by molar-refractivity contribution is 5.77. The van der Waals surface area contributed by atoms with E-state index in [1.807, 2.05) is 4.90 Å². The molecule has 2 saturated carbocycles. The number of amides is 1. The number of carbonyl (C=O) groups excluding carboxylic acids is 1. The van der Waals surface area contributed by atoms with E-state index in [1.54, 1.807) is 7.05 Å². The highest BCUT2D eigenvalue weighted by atomic mass is 16.2. The van der Waals surface area contributed by atoms with E-state index < -0.39 is 0 Å². The minimum absolute atomic E-state index is 0.0246. The standard InChI is InChI=1S/C19H24N4O2/c1-13-5-3-4-6-17(13)14-9-16(10-14)23(15-7-8-15)18(24)11-22-19(25)21(2)12-20-22/h3-6,12,14-16H,7-11H2,1-2H3. The highest BCUT2D eigenvalue weighted by Crippen LogP contribution is 2.44. The number of aromatic nitrogens is 3. The molecule has 6 nitrogen and oxygen atoms in total. The van der Waals surface area contributed by atoms with E-state index in [1.165, 1.54) is 26.7 Å². The third-order valence-corrected chi connectivity index (χ3v) is 5.53. The van der Waals surface area contributed by atoms with Crippen molar-refractivity contribution in [3.8, 4) is 0 Å². The van der Waals surface area contributed by atoms with Crippen molar-refractivity contribution in [3.05, 3.63) is 52.2 Å². The maximum absolute atomic E-state index is 12.8. The van der Waals surface area contributed by atoms with Gasteiger partial charge >= 0.3 is 5.69 Å². The second kappa shape index (κ2) is 6.17. The van der Waals surface area contributed by atoms with Crippen LogP contribution >= 0.6 is 0 Å². The van der Waals surface area contributed by atoms with Crippen LogP contribution < -0.4 is 5.69 Å². The predicted octanol–water partition coefficient (Wildman–Crippen LogP) is 1.83. The Bertz CT molecular complexity index is 843. The van der Waals surface area contributed by atoms with Crippen LogP contribution in [0.1, 0.15) is 42.7 Å². The second-order valence-electron chi connectivity index (χ2n) is 7.39. The van der Waals surface area contributed by atoms with Gasteiger partial charge in [-0.2, -0.15) is 5.10 Å². The first-order valence-corrected chi connectivity index (χ1v) is 8.99. The van der Waals surface area contributed by atoms with Crippen LogP contribution in [0.5, 0.6) is 0 Å². The van der Waals surface area contributed by atoms with Crippen LogP contribution in [0.2, 0.25) is 0 Å². The van der Waals surface area contributed by atoms with Crippen LogP contribution in [0.15, 0.2) is 35.4 Å². The van der Waals surface area contributed by atoms with Crippen molar-refractivity contribution in [1.29, 1.82) is 0 Å². The zero-order valence-electron chi connectivity index (χ0n) is 14.8. The van der Waals surface area contributed by atoms with Crippen molar-refractivity contribution in [1.82, 2.24) is 19.2 Å². The fourth-order valence-electron chi connectivity index (χ4n) is 3.91. The average molecular weight is 340 g/mol. The van der Waals surface area contributed by atoms with Gasteiger partial charge in [0.15, 0.2) is 0 Å². The molecule has 4 rings (SSSR count). The molecule has 1 amide bonds. The molecule has 2 aliphatic carbocycles. The quantitative estimate of drug-likeness (QED) is 0.834. The molecule has 6 heteroatoms. The molecular weight excluding hydrogens is 316 g/mol. The van der Waals surface area contributed by atoms with Gasteiger partial charge in [-0.25, -0.2) is 9.48 Å². The van der Waals surface area contributed by atoms with Crippen LogP contribution in [0.4, 0.5) is 0 Å². The lowest BCUT2D eigenvalue weighted by atomic mass is 9.73. The largest absolute Gasteiger partial charge is 0.345 e. The number of hydrogen-bond donors (Lipinski definition) is 0. The SMILES string of the molecule is Cc1ccccc1C1CC(N(C(=O)Cn2ncn(C)c2=O)C2CC2)C1.